The van der Waals surface area contributed by atoms with E-state index in [4.69, 9.17) is 14.6 Å². The van der Waals surface area contributed by atoms with E-state index in [1.54, 1.807) is 0 Å². The average molecular weight is 751 g/mol. The topological polar surface area (TPSA) is 85.2 Å². The number of carbonyl (C=O) groups is 1. The van der Waals surface area contributed by atoms with Gasteiger partial charge in [0.2, 0.25) is 0 Å². The number of amides is 1. The Labute approximate surface area is 320 Å². The molecule has 3 aliphatic rings. The largest absolute Gasteiger partial charge is 0.353 e. The minimum absolute atomic E-state index is 0.127. The molecule has 0 saturated heterocycles. The van der Waals surface area contributed by atoms with Crippen LogP contribution in [-0.2, 0) is 24.0 Å². The Morgan fingerprint density at radius 2 is 1.79 bits per heavy atom. The van der Waals surface area contributed by atoms with Crippen LogP contribution in [0.1, 0.15) is 93.9 Å². The molecule has 3 aromatic heterocycles. The molecule has 8 nitrogen and oxygen atoms in total. The third kappa shape index (κ3) is 7.94. The van der Waals surface area contributed by atoms with Crippen LogP contribution < -0.4 is 15.7 Å². The molecule has 0 spiro atoms. The van der Waals surface area contributed by atoms with Gasteiger partial charge in [-0.05, 0) is 124 Å². The lowest BCUT2D eigenvalue weighted by molar-refractivity contribution is 0.0326. The summed E-state index contributed by atoms with van der Waals surface area (Å²) in [6, 6.07) is 18.4. The van der Waals surface area contributed by atoms with Gasteiger partial charge in [-0.15, -0.1) is 0 Å². The van der Waals surface area contributed by atoms with Crippen LogP contribution in [0.25, 0.3) is 21.3 Å². The molecule has 53 heavy (non-hydrogen) atoms. The second-order valence-corrected chi connectivity index (χ2v) is 18.3. The zero-order chi connectivity index (χ0) is 37.3. The Morgan fingerprint density at radius 3 is 2.55 bits per heavy atom. The molecular weight excluding hydrogens is 696 g/mol. The highest BCUT2D eigenvalue weighted by atomic mass is 32.1. The molecule has 5 aromatic rings. The molecule has 1 aliphatic heterocycles. The van der Waals surface area contributed by atoms with Gasteiger partial charge in [0, 0.05) is 48.6 Å². The summed E-state index contributed by atoms with van der Waals surface area (Å²) in [5, 5.41) is 8.69. The number of pyridine rings is 1. The molecule has 1 N–H and O–H groups in total. The number of para-hydroxylation sites is 1. The first kappa shape index (κ1) is 37.7. The number of hydrogen-bond acceptors (Lipinski definition) is 7. The molecule has 3 atom stereocenters. The van der Waals surface area contributed by atoms with Crippen LogP contribution in [0.2, 0.25) is 0 Å². The van der Waals surface area contributed by atoms with E-state index in [-0.39, 0.29) is 11.3 Å². The van der Waals surface area contributed by atoms with E-state index in [9.17, 15) is 4.79 Å². The number of anilines is 2. The summed E-state index contributed by atoms with van der Waals surface area (Å²) >= 11 is 1.50. The van der Waals surface area contributed by atoms with Crippen LogP contribution in [0.15, 0.2) is 60.8 Å². The SMILES string of the molecule is CC.CCOP(C)c1nc(N2CCc3cccc(C(=O)Nc4nc5ccccc5s4)c3C2)ccc1-c1cnn(CC2(C)CC3CC(C)CC(C3)C2)c1C. The van der Waals surface area contributed by atoms with Crippen molar-refractivity contribution < 1.29 is 9.32 Å². The average Bonchev–Trinajstić information content (AvgIpc) is 3.72. The monoisotopic (exact) mass is 750 g/mol. The Hall–Kier alpha value is -3.65. The van der Waals surface area contributed by atoms with Crippen molar-refractivity contribution in [1.82, 2.24) is 19.7 Å². The minimum atomic E-state index is -0.949. The van der Waals surface area contributed by atoms with Gasteiger partial charge in [0.1, 0.15) is 11.3 Å². The van der Waals surface area contributed by atoms with Crippen LogP contribution >= 0.6 is 19.5 Å². The van der Waals surface area contributed by atoms with Crippen molar-refractivity contribution in [1.29, 1.82) is 0 Å². The lowest BCUT2D eigenvalue weighted by atomic mass is 9.59. The van der Waals surface area contributed by atoms with Crippen molar-refractivity contribution >= 4 is 52.0 Å². The minimum Gasteiger partial charge on any atom is -0.353 e. The maximum absolute atomic E-state index is 13.7. The van der Waals surface area contributed by atoms with Gasteiger partial charge < -0.3 is 9.42 Å². The molecule has 2 fully saturated rings. The summed E-state index contributed by atoms with van der Waals surface area (Å²) in [7, 11) is -0.949. The third-order valence-corrected chi connectivity index (χ3v) is 14.0. The van der Waals surface area contributed by atoms with E-state index in [0.717, 1.165) is 75.4 Å². The zero-order valence-electron chi connectivity index (χ0n) is 32.5. The summed E-state index contributed by atoms with van der Waals surface area (Å²) in [5.41, 5.74) is 8.56. The molecule has 8 rings (SSSR count). The summed E-state index contributed by atoms with van der Waals surface area (Å²) in [4.78, 5) is 25.9. The van der Waals surface area contributed by atoms with Crippen molar-refractivity contribution in [2.24, 2.45) is 23.2 Å². The fourth-order valence-corrected chi connectivity index (χ4v) is 11.6. The highest BCUT2D eigenvalue weighted by Crippen LogP contribution is 2.51. The fraction of sp³-hybridized carbons (Fsp3) is 0.488. The maximum atomic E-state index is 13.7. The highest BCUT2D eigenvalue weighted by Gasteiger charge is 2.41. The Morgan fingerprint density at radius 1 is 1.02 bits per heavy atom. The van der Waals surface area contributed by atoms with Crippen molar-refractivity contribution in [3.63, 3.8) is 0 Å². The number of thiazole rings is 1. The lowest BCUT2D eigenvalue weighted by Crippen LogP contribution is -2.38. The van der Waals surface area contributed by atoms with Crippen LogP contribution in [0.4, 0.5) is 10.9 Å². The third-order valence-electron chi connectivity index (χ3n) is 11.5. The Bertz CT molecular complexity index is 2020. The highest BCUT2D eigenvalue weighted by molar-refractivity contribution is 7.60. The molecule has 2 aromatic carbocycles. The van der Waals surface area contributed by atoms with Gasteiger partial charge in [-0.25, -0.2) is 9.97 Å². The molecule has 10 heteroatoms. The van der Waals surface area contributed by atoms with Gasteiger partial charge in [-0.3, -0.25) is 14.8 Å². The maximum Gasteiger partial charge on any atom is 0.257 e. The number of carbonyl (C=O) groups excluding carboxylic acids is 1. The summed E-state index contributed by atoms with van der Waals surface area (Å²) < 4.78 is 9.57. The van der Waals surface area contributed by atoms with Crippen LogP contribution in [0.3, 0.4) is 0 Å². The Balaban J connectivity index is 0.00000214. The smallest absolute Gasteiger partial charge is 0.257 e. The van der Waals surface area contributed by atoms with Gasteiger partial charge in [-0.1, -0.05) is 63.3 Å². The summed E-state index contributed by atoms with van der Waals surface area (Å²) in [6.45, 7) is 18.4. The first-order valence-corrected chi connectivity index (χ1v) is 22.1. The predicted octanol–water partition coefficient (Wildman–Crippen LogP) is 10.2. The van der Waals surface area contributed by atoms with Crippen molar-refractivity contribution in [3.8, 4) is 11.1 Å². The number of aromatic nitrogens is 4. The van der Waals surface area contributed by atoms with E-state index >= 15 is 0 Å². The molecular formula is C43H55N6O2PS. The van der Waals surface area contributed by atoms with Crippen molar-refractivity contribution in [2.45, 2.75) is 93.2 Å². The number of rotatable bonds is 9. The number of fused-ring (bicyclic) bond motifs is 4. The van der Waals surface area contributed by atoms with E-state index in [0.29, 0.717) is 23.8 Å². The summed E-state index contributed by atoms with van der Waals surface area (Å²) in [6.07, 6.45) is 9.69. The molecule has 2 bridgehead atoms. The number of nitrogens with zero attached hydrogens (tertiary/aromatic N) is 5. The van der Waals surface area contributed by atoms with Crippen molar-refractivity contribution in [3.05, 3.63) is 83.2 Å². The second-order valence-electron chi connectivity index (χ2n) is 15.6. The van der Waals surface area contributed by atoms with Gasteiger partial charge in [0.25, 0.3) is 5.91 Å². The predicted molar refractivity (Wildman–Crippen MR) is 222 cm³/mol. The van der Waals surface area contributed by atoms with Crippen LogP contribution in [0, 0.1) is 30.1 Å². The molecule has 280 valence electrons. The number of hydrogen-bond donors (Lipinski definition) is 1. The van der Waals surface area contributed by atoms with Crippen LogP contribution in [-0.4, -0.2) is 45.5 Å². The van der Waals surface area contributed by atoms with E-state index in [1.807, 2.05) is 56.4 Å². The van der Waals surface area contributed by atoms with Crippen molar-refractivity contribution in [2.75, 3.05) is 30.0 Å². The fourth-order valence-electron chi connectivity index (χ4n) is 9.47. The number of benzene rings is 2. The lowest BCUT2D eigenvalue weighted by Gasteiger charge is -2.47. The Kier molecular flexibility index (Phi) is 11.4. The van der Waals surface area contributed by atoms with E-state index in [2.05, 4.69) is 72.4 Å². The second kappa shape index (κ2) is 16.0. The normalized spacial score (nSPS) is 22.8. The first-order chi connectivity index (χ1) is 25.7. The van der Waals surface area contributed by atoms with E-state index < -0.39 is 8.15 Å². The molecule has 3 unspecified atom stereocenters. The van der Waals surface area contributed by atoms with Gasteiger partial charge in [0.15, 0.2) is 5.13 Å². The van der Waals surface area contributed by atoms with Gasteiger partial charge in [0.05, 0.1) is 24.6 Å². The van der Waals surface area contributed by atoms with E-state index in [1.165, 1.54) is 54.7 Å². The van der Waals surface area contributed by atoms with Gasteiger partial charge >= 0.3 is 0 Å². The van der Waals surface area contributed by atoms with Gasteiger partial charge in [-0.2, -0.15) is 5.10 Å². The first-order valence-electron chi connectivity index (χ1n) is 19.6. The zero-order valence-corrected chi connectivity index (χ0v) is 34.2. The molecule has 2 saturated carbocycles. The molecule has 2 aliphatic carbocycles. The number of nitrogens with one attached hydrogen (secondary N) is 1. The van der Waals surface area contributed by atoms with Crippen LogP contribution in [0.5, 0.6) is 0 Å². The molecule has 4 heterocycles. The molecule has 1 amide bonds. The standard InChI is InChI=1S/C41H49N6O2PS.C2H6/c1-6-49-50(5)39-32(33-23-42-47(27(33)3)25-41(4)21-28-18-26(2)19-29(20-28)22-41)14-15-37(44-39)46-17-16-30-10-9-11-31(34(30)24-46)38(48)45-40-43-35-12-7-8-13-36(35)51-40;1-2/h7-15,23,26,28-29H,6,16-22,24-25H2,1-5H3,(H,43,45,48);1-2H3. The molecule has 0 radical (unpaired) electrons. The summed E-state index contributed by atoms with van der Waals surface area (Å²) in [5.74, 6) is 3.37. The quantitative estimate of drug-likeness (QED) is 0.151.